The lowest BCUT2D eigenvalue weighted by molar-refractivity contribution is -0.139. The summed E-state index contributed by atoms with van der Waals surface area (Å²) < 4.78 is 29.6. The van der Waals surface area contributed by atoms with Crippen LogP contribution in [0.4, 0.5) is 0 Å². The van der Waals surface area contributed by atoms with E-state index >= 15 is 0 Å². The Morgan fingerprint density at radius 2 is 2.30 bits per heavy atom. The van der Waals surface area contributed by atoms with E-state index in [0.29, 0.717) is 12.1 Å². The number of hydrogen-bond donors (Lipinski definition) is 3. The van der Waals surface area contributed by atoms with Crippen LogP contribution < -0.4 is 10.5 Å². The number of hydrogen-bond acceptors (Lipinski definition) is 6. The van der Waals surface area contributed by atoms with Crippen LogP contribution in [0.2, 0.25) is 0 Å². The molecule has 0 amide bonds. The van der Waals surface area contributed by atoms with Gasteiger partial charge in [-0.3, -0.25) is 4.72 Å². The number of aliphatic hydroxyl groups excluding tert-OH is 1. The number of rotatable bonds is 6. The molecule has 0 spiro atoms. The van der Waals surface area contributed by atoms with E-state index in [9.17, 15) is 13.2 Å². The van der Waals surface area contributed by atoms with Gasteiger partial charge in [0.25, 0.3) is 0 Å². The molecule has 0 aromatic heterocycles. The minimum Gasteiger partial charge on any atom is -0.460 e. The second kappa shape index (κ2) is 7.22. The van der Waals surface area contributed by atoms with Gasteiger partial charge >= 0.3 is 5.97 Å². The molecule has 1 atom stereocenters. The minimum atomic E-state index is -3.40. The van der Waals surface area contributed by atoms with E-state index in [4.69, 9.17) is 15.6 Å². The summed E-state index contributed by atoms with van der Waals surface area (Å²) in [6, 6.07) is -0.640. The lowest BCUT2D eigenvalue weighted by Crippen LogP contribution is -2.31. The first-order valence-electron chi connectivity index (χ1n) is 5.90. The third-order valence-corrected chi connectivity index (χ3v) is 2.93. The molecule has 7 nitrogen and oxygen atoms in total. The smallest absolute Gasteiger partial charge is 0.338 e. The summed E-state index contributed by atoms with van der Waals surface area (Å²) >= 11 is 0. The second-order valence-corrected chi connectivity index (χ2v) is 6.09. The first-order valence-corrected chi connectivity index (χ1v) is 7.79. The van der Waals surface area contributed by atoms with Gasteiger partial charge in [0.15, 0.2) is 0 Å². The first-order chi connectivity index (χ1) is 9.31. The average Bonchev–Trinajstić information content (AvgIpc) is 2.59. The van der Waals surface area contributed by atoms with Crippen LogP contribution in [-0.2, 0) is 19.6 Å². The molecule has 1 unspecified atom stereocenters. The molecule has 0 aliphatic heterocycles. The van der Waals surface area contributed by atoms with Gasteiger partial charge in [-0.1, -0.05) is 12.2 Å². The Bertz CT molecular complexity index is 548. The van der Waals surface area contributed by atoms with E-state index in [0.717, 1.165) is 6.26 Å². The van der Waals surface area contributed by atoms with Crippen LogP contribution in [0.5, 0.6) is 0 Å². The van der Waals surface area contributed by atoms with Gasteiger partial charge in [0, 0.05) is 12.1 Å². The van der Waals surface area contributed by atoms with Gasteiger partial charge in [-0.15, -0.1) is 0 Å². The van der Waals surface area contributed by atoms with Crippen LogP contribution in [0, 0.1) is 0 Å². The maximum Gasteiger partial charge on any atom is 0.338 e. The Morgan fingerprint density at radius 3 is 2.90 bits per heavy atom. The van der Waals surface area contributed by atoms with E-state index in [1.165, 1.54) is 12.2 Å². The molecular formula is C12H18N2O5S. The number of nitrogens with two attached hydrogens (primary N) is 1. The van der Waals surface area contributed by atoms with E-state index in [1.807, 2.05) is 0 Å². The molecule has 0 saturated heterocycles. The van der Waals surface area contributed by atoms with Crippen molar-refractivity contribution in [1.29, 1.82) is 0 Å². The fourth-order valence-corrected chi connectivity index (χ4v) is 2.03. The number of allylic oxidation sites excluding steroid dienone is 3. The predicted molar refractivity (Wildman–Crippen MR) is 73.9 cm³/mol. The average molecular weight is 302 g/mol. The van der Waals surface area contributed by atoms with Crippen LogP contribution in [-0.4, -0.2) is 45.0 Å². The summed E-state index contributed by atoms with van der Waals surface area (Å²) in [6.45, 7) is -0.401. The zero-order valence-electron chi connectivity index (χ0n) is 11.1. The van der Waals surface area contributed by atoms with Crippen LogP contribution in [0.3, 0.4) is 0 Å². The molecule has 0 radical (unpaired) electrons. The van der Waals surface area contributed by atoms with E-state index < -0.39 is 22.0 Å². The standard InChI is InChI=1S/C12H18N2O5S/c1-20(17,18)14-11-5-3-2-4-9(6-11)12(16)19-8-10(13)7-15/h2-4,6,10,14-15H,5,7-8,13H2,1H3. The van der Waals surface area contributed by atoms with E-state index in [-0.39, 0.29) is 18.8 Å². The first kappa shape index (κ1) is 16.4. The van der Waals surface area contributed by atoms with E-state index in [1.54, 1.807) is 12.2 Å². The predicted octanol–water partition coefficient (Wildman–Crippen LogP) is -0.831. The lowest BCUT2D eigenvalue weighted by atomic mass is 10.2. The Labute approximate surface area is 117 Å². The summed E-state index contributed by atoms with van der Waals surface area (Å²) in [7, 11) is -3.40. The Kier molecular flexibility index (Phi) is 5.93. The Hall–Kier alpha value is -1.64. The van der Waals surface area contributed by atoms with Crippen LogP contribution in [0.15, 0.2) is 35.6 Å². The molecule has 4 N–H and O–H groups in total. The van der Waals surface area contributed by atoms with Crippen molar-refractivity contribution in [2.24, 2.45) is 5.73 Å². The number of sulfonamides is 1. The van der Waals surface area contributed by atoms with Gasteiger partial charge < -0.3 is 15.6 Å². The molecule has 1 rings (SSSR count). The highest BCUT2D eigenvalue weighted by Gasteiger charge is 2.14. The molecule has 1 aliphatic carbocycles. The summed E-state index contributed by atoms with van der Waals surface area (Å²) in [5, 5.41) is 8.74. The van der Waals surface area contributed by atoms with Crippen molar-refractivity contribution in [3.05, 3.63) is 35.6 Å². The summed E-state index contributed by atoms with van der Waals surface area (Å²) in [5.41, 5.74) is 6.00. The number of aliphatic hydroxyl groups is 1. The molecule has 0 heterocycles. The second-order valence-electron chi connectivity index (χ2n) is 4.34. The van der Waals surface area contributed by atoms with Gasteiger partial charge in [0.05, 0.1) is 24.5 Å². The minimum absolute atomic E-state index is 0.112. The SMILES string of the molecule is CS(=O)(=O)NC1=CC(C(=O)OCC(N)CO)=CC=CC1. The van der Waals surface area contributed by atoms with Crippen molar-refractivity contribution in [3.63, 3.8) is 0 Å². The van der Waals surface area contributed by atoms with Crippen molar-refractivity contribution in [3.8, 4) is 0 Å². The zero-order chi connectivity index (χ0) is 15.2. The summed E-state index contributed by atoms with van der Waals surface area (Å²) in [4.78, 5) is 11.8. The quantitative estimate of drug-likeness (QED) is 0.551. The number of carbonyl (C=O) groups excluding carboxylic acids is 1. The van der Waals surface area contributed by atoms with Gasteiger partial charge in [0.1, 0.15) is 6.61 Å². The van der Waals surface area contributed by atoms with Crippen molar-refractivity contribution in [2.45, 2.75) is 12.5 Å². The maximum atomic E-state index is 11.8. The molecule has 0 aromatic carbocycles. The van der Waals surface area contributed by atoms with Crippen molar-refractivity contribution in [2.75, 3.05) is 19.5 Å². The topological polar surface area (TPSA) is 119 Å². The van der Waals surface area contributed by atoms with Crippen LogP contribution in [0.1, 0.15) is 6.42 Å². The van der Waals surface area contributed by atoms with Gasteiger partial charge in [0.2, 0.25) is 10.0 Å². The largest absolute Gasteiger partial charge is 0.460 e. The van der Waals surface area contributed by atoms with Gasteiger partial charge in [-0.05, 0) is 12.2 Å². The van der Waals surface area contributed by atoms with Gasteiger partial charge in [-0.2, -0.15) is 0 Å². The van der Waals surface area contributed by atoms with Crippen molar-refractivity contribution in [1.82, 2.24) is 4.72 Å². The molecule has 0 bridgehead atoms. The fourth-order valence-electron chi connectivity index (χ4n) is 1.42. The molecule has 8 heteroatoms. The number of nitrogens with one attached hydrogen (secondary N) is 1. The molecule has 0 aromatic rings. The fraction of sp³-hybridized carbons (Fsp3) is 0.417. The maximum absolute atomic E-state index is 11.8. The van der Waals surface area contributed by atoms with Gasteiger partial charge in [-0.25, -0.2) is 13.2 Å². The highest BCUT2D eigenvalue weighted by atomic mass is 32.2. The number of ether oxygens (including phenoxy) is 1. The molecular weight excluding hydrogens is 284 g/mol. The van der Waals surface area contributed by atoms with Crippen molar-refractivity contribution >= 4 is 16.0 Å². The Morgan fingerprint density at radius 1 is 1.60 bits per heavy atom. The molecule has 112 valence electrons. The van der Waals surface area contributed by atoms with Crippen molar-refractivity contribution < 1.29 is 23.1 Å². The molecule has 0 fully saturated rings. The number of carbonyl (C=O) groups is 1. The third-order valence-electron chi connectivity index (χ3n) is 2.29. The molecule has 0 saturated carbocycles. The monoisotopic (exact) mass is 302 g/mol. The van der Waals surface area contributed by atoms with E-state index in [2.05, 4.69) is 4.72 Å². The van der Waals surface area contributed by atoms with Crippen LogP contribution >= 0.6 is 0 Å². The third kappa shape index (κ3) is 6.00. The highest BCUT2D eigenvalue weighted by Crippen LogP contribution is 2.12. The number of esters is 1. The molecule has 1 aliphatic rings. The zero-order valence-corrected chi connectivity index (χ0v) is 11.9. The summed E-state index contributed by atoms with van der Waals surface area (Å²) in [5.74, 6) is -0.631. The normalized spacial score (nSPS) is 16.8. The molecule has 20 heavy (non-hydrogen) atoms. The lowest BCUT2D eigenvalue weighted by Gasteiger charge is -2.10. The Balaban J connectivity index is 2.76. The van der Waals surface area contributed by atoms with Crippen LogP contribution in [0.25, 0.3) is 0 Å². The summed E-state index contributed by atoms with van der Waals surface area (Å²) in [6.07, 6.45) is 7.66. The highest BCUT2D eigenvalue weighted by molar-refractivity contribution is 7.88.